The minimum Gasteiger partial charge on any atom is -0.756 e. The molecule has 0 saturated carbocycles. The topological polar surface area (TPSA) is 222 Å². The molecule has 0 radical (unpaired) electrons. The van der Waals surface area contributed by atoms with Gasteiger partial charge in [0.1, 0.15) is 39.5 Å². The summed E-state index contributed by atoms with van der Waals surface area (Å²) in [5, 5.41) is 0. The summed E-state index contributed by atoms with van der Waals surface area (Å²) in [6, 6.07) is 0. The monoisotopic (exact) mass is 1240 g/mol. The minimum absolute atomic E-state index is 0.0267. The summed E-state index contributed by atoms with van der Waals surface area (Å²) in [7, 11) is 2.34. The Morgan fingerprint density at radius 1 is 0.321 bits per heavy atom. The van der Waals surface area contributed by atoms with E-state index in [2.05, 4.69) is 27.7 Å². The quantitative estimate of drug-likeness (QED) is 0.0182. The Hall–Kier alpha value is -1.98. The van der Waals surface area contributed by atoms with Crippen molar-refractivity contribution >= 4 is 39.5 Å². The molecule has 0 aliphatic heterocycles. The number of carbonyl (C=O) groups is 4. The minimum atomic E-state index is -4.60. The van der Waals surface area contributed by atoms with E-state index in [1.165, 1.54) is 141 Å². The van der Waals surface area contributed by atoms with E-state index in [1.807, 2.05) is 42.3 Å². The van der Waals surface area contributed by atoms with E-state index in [-0.39, 0.29) is 64.0 Å². The number of rotatable bonds is 60. The van der Waals surface area contributed by atoms with E-state index in [0.29, 0.717) is 34.9 Å². The number of quaternary nitrogens is 2. The Morgan fingerprint density at radius 3 is 0.762 bits per heavy atom. The lowest BCUT2D eigenvalue weighted by Gasteiger charge is -2.28. The van der Waals surface area contributed by atoms with Crippen LogP contribution in [0.1, 0.15) is 285 Å². The fourth-order valence-corrected chi connectivity index (χ4v) is 10.3. The Morgan fingerprint density at radius 2 is 0.536 bits per heavy atom. The number of unbranched alkanes of at least 4 members (excludes halogenated alkanes) is 32. The first-order valence-electron chi connectivity index (χ1n) is 33.5. The summed E-state index contributed by atoms with van der Waals surface area (Å²) in [4.78, 5) is 74.0. The number of nitrogens with zero attached hydrogens (tertiary/aromatic N) is 2. The summed E-state index contributed by atoms with van der Waals surface area (Å²) < 4.78 is 67.0. The van der Waals surface area contributed by atoms with Crippen molar-refractivity contribution in [2.75, 3.05) is 95.0 Å². The maximum Gasteiger partial charge on any atom is 0.306 e. The van der Waals surface area contributed by atoms with E-state index in [1.54, 1.807) is 0 Å². The lowest BCUT2D eigenvalue weighted by atomic mass is 10.1. The highest BCUT2D eigenvalue weighted by Crippen LogP contribution is 2.39. The summed E-state index contributed by atoms with van der Waals surface area (Å²) in [6.45, 7) is 8.31. The van der Waals surface area contributed by atoms with Crippen LogP contribution in [0, 0.1) is 0 Å². The van der Waals surface area contributed by atoms with Crippen LogP contribution in [0.4, 0.5) is 0 Å². The summed E-state index contributed by atoms with van der Waals surface area (Å²) in [6.07, 6.45) is 40.0. The number of likely N-dealkylation sites (N-methyl/N-ethyl adjacent to an activating group) is 2. The van der Waals surface area contributed by atoms with E-state index < -0.39 is 53.0 Å². The first kappa shape index (κ1) is 84.1. The molecule has 0 aromatic carbocycles. The zero-order valence-corrected chi connectivity index (χ0v) is 57.2. The Balaban J connectivity index is 0. The lowest BCUT2D eigenvalue weighted by Crippen LogP contribution is -2.37. The molecule has 0 saturated heterocycles. The fraction of sp³-hybridized carbons (Fsp3) is 0.938. The van der Waals surface area contributed by atoms with Gasteiger partial charge in [-0.15, -0.1) is 0 Å². The molecule has 2 unspecified atom stereocenters. The Bertz CT molecular complexity index is 1540. The molecule has 0 bridgehead atoms. The summed E-state index contributed by atoms with van der Waals surface area (Å²) >= 11 is 0. The third-order valence-electron chi connectivity index (χ3n) is 14.3. The smallest absolute Gasteiger partial charge is 0.306 e. The van der Waals surface area contributed by atoms with Crippen molar-refractivity contribution in [2.45, 2.75) is 297 Å². The first-order chi connectivity index (χ1) is 40.0. The van der Waals surface area contributed by atoms with E-state index in [0.717, 1.165) is 77.0 Å². The Labute approximate surface area is 513 Å². The van der Waals surface area contributed by atoms with Crippen LogP contribution < -0.4 is 9.79 Å². The van der Waals surface area contributed by atoms with E-state index >= 15 is 0 Å². The van der Waals surface area contributed by atoms with Crippen molar-refractivity contribution in [1.29, 1.82) is 0 Å². The van der Waals surface area contributed by atoms with Gasteiger partial charge in [0.2, 0.25) is 0 Å². The molecule has 0 N–H and O–H groups in total. The molecule has 0 spiro atoms. The van der Waals surface area contributed by atoms with Gasteiger partial charge in [-0.05, 0) is 25.7 Å². The van der Waals surface area contributed by atoms with Gasteiger partial charge in [0, 0.05) is 25.7 Å². The molecule has 18 nitrogen and oxygen atoms in total. The van der Waals surface area contributed by atoms with Gasteiger partial charge in [-0.3, -0.25) is 28.3 Å². The second kappa shape index (κ2) is 56.3. The fourth-order valence-electron chi connectivity index (χ4n) is 8.83. The van der Waals surface area contributed by atoms with Crippen LogP contribution in [-0.2, 0) is 65.4 Å². The van der Waals surface area contributed by atoms with Gasteiger partial charge in [0.15, 0.2) is 12.2 Å². The molecule has 20 heteroatoms. The van der Waals surface area contributed by atoms with Crippen LogP contribution in [0.3, 0.4) is 0 Å². The molecule has 0 aliphatic rings. The zero-order valence-electron chi connectivity index (χ0n) is 55.4. The molecule has 84 heavy (non-hydrogen) atoms. The maximum absolute atomic E-state index is 12.5. The molecule has 0 aromatic rings. The zero-order chi connectivity index (χ0) is 63.1. The second-order valence-corrected chi connectivity index (χ2v) is 27.9. The second-order valence-electron chi connectivity index (χ2n) is 25.1. The third-order valence-corrected chi connectivity index (χ3v) is 16.2. The number of carbonyl (C=O) groups excluding carboxylic acids is 4. The average molecular weight is 1240 g/mol. The van der Waals surface area contributed by atoms with Crippen molar-refractivity contribution in [3.05, 3.63) is 0 Å². The number of phosphoric ester groups is 2. The highest BCUT2D eigenvalue weighted by Gasteiger charge is 2.24. The number of phosphoric acid groups is 2. The van der Waals surface area contributed by atoms with Crippen LogP contribution in [0.2, 0.25) is 0 Å². The first-order valence-corrected chi connectivity index (χ1v) is 36.4. The van der Waals surface area contributed by atoms with Crippen molar-refractivity contribution < 1.29 is 84.1 Å². The molecule has 0 fully saturated rings. The van der Waals surface area contributed by atoms with Crippen molar-refractivity contribution in [2.24, 2.45) is 0 Å². The molecular weight excluding hydrogens is 1110 g/mol. The molecule has 0 heterocycles. The van der Waals surface area contributed by atoms with Gasteiger partial charge in [-0.25, -0.2) is 0 Å². The van der Waals surface area contributed by atoms with Gasteiger partial charge in [-0.1, -0.05) is 233 Å². The molecule has 0 aliphatic carbocycles. The van der Waals surface area contributed by atoms with Crippen LogP contribution >= 0.6 is 15.6 Å². The van der Waals surface area contributed by atoms with Crippen molar-refractivity contribution in [1.82, 2.24) is 0 Å². The predicted molar refractivity (Wildman–Crippen MR) is 334 cm³/mol. The molecule has 0 amide bonds. The number of ether oxygens (including phenoxy) is 4. The maximum atomic E-state index is 12.5. The standard InChI is InChI=1S/2C32H64NO8P/c2*1-6-8-10-12-14-16-18-20-22-24-31(34)38-28-30(29-40-42(36,37)39-27-26-33(3,4)5)41-32(35)25-23-21-19-17-15-13-11-9-7-2/h2*30H,6-29H2,1-5H3/t2*30-/m11/s1. The van der Waals surface area contributed by atoms with Crippen molar-refractivity contribution in [3.8, 4) is 0 Å². The third kappa shape index (κ3) is 64.5. The number of hydrogen-bond donors (Lipinski definition) is 0. The normalized spacial score (nSPS) is 14.0. The highest BCUT2D eigenvalue weighted by molar-refractivity contribution is 7.46. The van der Waals surface area contributed by atoms with Gasteiger partial charge in [0.05, 0.1) is 55.5 Å². The Kier molecular flexibility index (Phi) is 56.3. The van der Waals surface area contributed by atoms with Crippen LogP contribution in [0.25, 0.3) is 0 Å². The largest absolute Gasteiger partial charge is 0.756 e. The van der Waals surface area contributed by atoms with Gasteiger partial charge >= 0.3 is 23.9 Å². The molecule has 0 rings (SSSR count). The molecular formula is C64H128N2O16P2. The van der Waals surface area contributed by atoms with Crippen LogP contribution in [0.15, 0.2) is 0 Å². The van der Waals surface area contributed by atoms with Gasteiger partial charge in [0.25, 0.3) is 15.6 Å². The van der Waals surface area contributed by atoms with Crippen LogP contribution in [0.5, 0.6) is 0 Å². The van der Waals surface area contributed by atoms with E-state index in [4.69, 9.17) is 37.0 Å². The summed E-state index contributed by atoms with van der Waals surface area (Å²) in [5.41, 5.74) is 0. The molecule has 4 atom stereocenters. The van der Waals surface area contributed by atoms with Gasteiger partial charge in [-0.2, -0.15) is 0 Å². The van der Waals surface area contributed by atoms with Gasteiger partial charge < -0.3 is 55.8 Å². The van der Waals surface area contributed by atoms with Crippen LogP contribution in [-0.4, -0.2) is 140 Å². The SMILES string of the molecule is CCCCCCCCCCCC(=O)OC[C@H](COP(=O)([O-])OCC[N+](C)(C)C)OC(=O)CCCCCCCCCCC.CCCCCCCCCCCC(=O)OC[C@H](COP(=O)([O-])OCC[N+](C)(C)C)OC(=O)CCCCCCCCCCC. The number of hydrogen-bond acceptors (Lipinski definition) is 16. The molecule has 500 valence electrons. The van der Waals surface area contributed by atoms with E-state index in [9.17, 15) is 38.1 Å². The van der Waals surface area contributed by atoms with Crippen molar-refractivity contribution in [3.63, 3.8) is 0 Å². The highest BCUT2D eigenvalue weighted by atomic mass is 31.2. The predicted octanol–water partition coefficient (Wildman–Crippen LogP) is 15.0. The summed E-state index contributed by atoms with van der Waals surface area (Å²) in [5.74, 6) is -1.67. The lowest BCUT2D eigenvalue weighted by molar-refractivity contribution is -0.870. The number of esters is 4. The average Bonchev–Trinajstić information content (AvgIpc) is 3.42. The molecule has 0 aromatic heterocycles.